The standard InChI is InChI=1S/C22H31N3O6/c1-12(2)10-17(20(28)29)24-19(27)16(25-21(30)31-22(3,4)5)11-14-13-8-6-7-9-15(13)23-18(14)26/h6-9,12,14,16-17H,10-11H2,1-5H3,(H,23,26)(H,24,27)(H,25,30)(H,28,29)/t14?,16-,17-/m0/s1. The molecule has 9 heteroatoms. The van der Waals surface area contributed by atoms with Crippen LogP contribution in [0.3, 0.4) is 0 Å². The fourth-order valence-corrected chi connectivity index (χ4v) is 3.39. The van der Waals surface area contributed by atoms with Crippen LogP contribution in [-0.2, 0) is 19.1 Å². The molecule has 0 aromatic heterocycles. The number of carbonyl (C=O) groups is 4. The van der Waals surface area contributed by atoms with Crippen LogP contribution in [0.15, 0.2) is 24.3 Å². The molecule has 1 unspecified atom stereocenters. The molecule has 2 rings (SSSR count). The van der Waals surface area contributed by atoms with E-state index in [4.69, 9.17) is 4.74 Å². The number of hydrogen-bond acceptors (Lipinski definition) is 5. The number of alkyl carbamates (subject to hydrolysis) is 1. The molecule has 1 heterocycles. The fraction of sp³-hybridized carbons (Fsp3) is 0.545. The monoisotopic (exact) mass is 433 g/mol. The highest BCUT2D eigenvalue weighted by Gasteiger charge is 2.36. The van der Waals surface area contributed by atoms with Gasteiger partial charge in [0.2, 0.25) is 11.8 Å². The number of nitrogens with one attached hydrogen (secondary N) is 3. The second-order valence-electron chi connectivity index (χ2n) is 9.09. The van der Waals surface area contributed by atoms with Gasteiger partial charge in [0.25, 0.3) is 0 Å². The predicted molar refractivity (Wildman–Crippen MR) is 115 cm³/mol. The number of hydrogen-bond donors (Lipinski definition) is 4. The Morgan fingerprint density at radius 1 is 1.13 bits per heavy atom. The van der Waals surface area contributed by atoms with Crippen molar-refractivity contribution in [2.45, 2.75) is 71.1 Å². The lowest BCUT2D eigenvalue weighted by atomic mass is 9.92. The molecular formula is C22H31N3O6. The smallest absolute Gasteiger partial charge is 0.408 e. The van der Waals surface area contributed by atoms with Crippen LogP contribution < -0.4 is 16.0 Å². The molecule has 0 fully saturated rings. The molecule has 3 amide bonds. The number of anilines is 1. The third-order valence-corrected chi connectivity index (χ3v) is 4.71. The molecule has 3 atom stereocenters. The summed E-state index contributed by atoms with van der Waals surface area (Å²) in [5, 5.41) is 17.2. The summed E-state index contributed by atoms with van der Waals surface area (Å²) in [7, 11) is 0. The van der Waals surface area contributed by atoms with Gasteiger partial charge in [0.15, 0.2) is 0 Å². The van der Waals surface area contributed by atoms with Crippen molar-refractivity contribution >= 4 is 29.6 Å². The molecule has 1 aromatic rings. The number of amides is 3. The Morgan fingerprint density at radius 3 is 2.35 bits per heavy atom. The molecule has 0 saturated carbocycles. The van der Waals surface area contributed by atoms with Gasteiger partial charge >= 0.3 is 12.1 Å². The van der Waals surface area contributed by atoms with Crippen LogP contribution in [0.4, 0.5) is 10.5 Å². The van der Waals surface area contributed by atoms with Crippen molar-refractivity contribution in [1.29, 1.82) is 0 Å². The lowest BCUT2D eigenvalue weighted by Gasteiger charge is -2.26. The lowest BCUT2D eigenvalue weighted by Crippen LogP contribution is -2.53. The molecule has 0 radical (unpaired) electrons. The van der Waals surface area contributed by atoms with E-state index in [1.807, 2.05) is 13.8 Å². The number of aliphatic carboxylic acids is 1. The molecule has 1 aromatic carbocycles. The summed E-state index contributed by atoms with van der Waals surface area (Å²) in [5.41, 5.74) is 0.578. The van der Waals surface area contributed by atoms with Crippen LogP contribution in [0.25, 0.3) is 0 Å². The summed E-state index contributed by atoms with van der Waals surface area (Å²) in [5.74, 6) is -2.78. The molecule has 4 N–H and O–H groups in total. The zero-order valence-electron chi connectivity index (χ0n) is 18.5. The number of benzene rings is 1. The van der Waals surface area contributed by atoms with E-state index >= 15 is 0 Å². The van der Waals surface area contributed by atoms with Gasteiger partial charge in [-0.2, -0.15) is 0 Å². The first-order chi connectivity index (χ1) is 14.4. The Labute approximate surface area is 181 Å². The topological polar surface area (TPSA) is 134 Å². The summed E-state index contributed by atoms with van der Waals surface area (Å²) < 4.78 is 5.25. The first-order valence-electron chi connectivity index (χ1n) is 10.3. The average molecular weight is 434 g/mol. The molecule has 31 heavy (non-hydrogen) atoms. The first kappa shape index (κ1) is 24.2. The minimum absolute atomic E-state index is 0.0335. The van der Waals surface area contributed by atoms with Crippen LogP contribution in [0.5, 0.6) is 0 Å². The maximum atomic E-state index is 13.0. The normalized spacial score (nSPS) is 17.4. The van der Waals surface area contributed by atoms with E-state index in [9.17, 15) is 24.3 Å². The van der Waals surface area contributed by atoms with Crippen LogP contribution in [0.1, 0.15) is 58.9 Å². The van der Waals surface area contributed by atoms with Gasteiger partial charge in [-0.25, -0.2) is 9.59 Å². The summed E-state index contributed by atoms with van der Waals surface area (Å²) in [4.78, 5) is 49.4. The number of para-hydroxylation sites is 1. The second kappa shape index (κ2) is 9.80. The maximum absolute atomic E-state index is 13.0. The highest BCUT2D eigenvalue weighted by Crippen LogP contribution is 2.35. The Morgan fingerprint density at radius 2 is 1.77 bits per heavy atom. The van der Waals surface area contributed by atoms with Crippen LogP contribution >= 0.6 is 0 Å². The van der Waals surface area contributed by atoms with Gasteiger partial charge in [-0.3, -0.25) is 9.59 Å². The van der Waals surface area contributed by atoms with Gasteiger partial charge in [-0.05, 0) is 51.2 Å². The Balaban J connectivity index is 2.23. The number of carboxylic acid groups (broad SMARTS) is 1. The van der Waals surface area contributed by atoms with Crippen molar-refractivity contribution in [1.82, 2.24) is 10.6 Å². The molecule has 0 bridgehead atoms. The van der Waals surface area contributed by atoms with Crippen LogP contribution in [0.2, 0.25) is 0 Å². The van der Waals surface area contributed by atoms with Gasteiger partial charge in [-0.15, -0.1) is 0 Å². The zero-order chi connectivity index (χ0) is 23.3. The van der Waals surface area contributed by atoms with Crippen LogP contribution in [0, 0.1) is 5.92 Å². The molecule has 0 aliphatic carbocycles. The zero-order valence-corrected chi connectivity index (χ0v) is 18.5. The largest absolute Gasteiger partial charge is 0.480 e. The molecule has 0 saturated heterocycles. The van der Waals surface area contributed by atoms with E-state index in [0.29, 0.717) is 11.3 Å². The van der Waals surface area contributed by atoms with E-state index in [0.717, 1.165) is 0 Å². The van der Waals surface area contributed by atoms with Crippen molar-refractivity contribution in [3.63, 3.8) is 0 Å². The van der Waals surface area contributed by atoms with Crippen molar-refractivity contribution in [2.75, 3.05) is 5.32 Å². The fourth-order valence-electron chi connectivity index (χ4n) is 3.39. The minimum atomic E-state index is -1.16. The summed E-state index contributed by atoms with van der Waals surface area (Å²) in [6.07, 6.45) is -0.635. The van der Waals surface area contributed by atoms with E-state index in [-0.39, 0.29) is 24.7 Å². The predicted octanol–water partition coefficient (Wildman–Crippen LogP) is 2.62. The molecular weight excluding hydrogens is 402 g/mol. The SMILES string of the molecule is CC(C)C[C@H](NC(=O)[C@H](CC1C(=O)Nc2ccccc21)NC(=O)OC(C)(C)C)C(=O)O. The van der Waals surface area contributed by atoms with E-state index in [1.54, 1.807) is 45.0 Å². The quantitative estimate of drug-likeness (QED) is 0.498. The van der Waals surface area contributed by atoms with Crippen LogP contribution in [-0.4, -0.2) is 46.7 Å². The summed E-state index contributed by atoms with van der Waals surface area (Å²) in [6.45, 7) is 8.75. The van der Waals surface area contributed by atoms with Gasteiger partial charge in [0.05, 0.1) is 5.92 Å². The molecule has 170 valence electrons. The number of carboxylic acids is 1. The average Bonchev–Trinajstić information content (AvgIpc) is 2.94. The lowest BCUT2D eigenvalue weighted by molar-refractivity contribution is -0.142. The van der Waals surface area contributed by atoms with Gasteiger partial charge in [0, 0.05) is 5.69 Å². The number of fused-ring (bicyclic) bond motifs is 1. The number of carbonyl (C=O) groups excluding carboxylic acids is 3. The number of rotatable bonds is 8. The molecule has 1 aliphatic rings. The highest BCUT2D eigenvalue weighted by atomic mass is 16.6. The first-order valence-corrected chi connectivity index (χ1v) is 10.3. The van der Waals surface area contributed by atoms with Gasteiger partial charge in [0.1, 0.15) is 17.7 Å². The van der Waals surface area contributed by atoms with E-state index in [1.165, 1.54) is 0 Å². The number of ether oxygens (including phenoxy) is 1. The maximum Gasteiger partial charge on any atom is 0.408 e. The minimum Gasteiger partial charge on any atom is -0.480 e. The van der Waals surface area contributed by atoms with Crippen molar-refractivity contribution in [3.05, 3.63) is 29.8 Å². The van der Waals surface area contributed by atoms with E-state index in [2.05, 4.69) is 16.0 Å². The van der Waals surface area contributed by atoms with Gasteiger partial charge < -0.3 is 25.8 Å². The Hall–Kier alpha value is -3.10. The van der Waals surface area contributed by atoms with Crippen molar-refractivity contribution in [2.24, 2.45) is 5.92 Å². The van der Waals surface area contributed by atoms with Crippen molar-refractivity contribution in [3.8, 4) is 0 Å². The van der Waals surface area contributed by atoms with E-state index < -0.39 is 41.6 Å². The molecule has 0 spiro atoms. The highest BCUT2D eigenvalue weighted by molar-refractivity contribution is 6.03. The summed E-state index contributed by atoms with van der Waals surface area (Å²) in [6, 6.07) is 4.83. The van der Waals surface area contributed by atoms with Crippen molar-refractivity contribution < 1.29 is 29.0 Å². The third kappa shape index (κ3) is 6.97. The Kier molecular flexibility index (Phi) is 7.65. The van der Waals surface area contributed by atoms with Gasteiger partial charge in [-0.1, -0.05) is 32.0 Å². The second-order valence-corrected chi connectivity index (χ2v) is 9.09. The summed E-state index contributed by atoms with van der Waals surface area (Å²) >= 11 is 0. The third-order valence-electron chi connectivity index (χ3n) is 4.71. The Bertz CT molecular complexity index is 846. The molecule has 9 nitrogen and oxygen atoms in total. The molecule has 1 aliphatic heterocycles.